The fourth-order valence-electron chi connectivity index (χ4n) is 3.32. The number of aliphatic hydroxyl groups is 1. The number of ether oxygens (including phenoxy) is 1. The lowest BCUT2D eigenvalue weighted by Gasteiger charge is -2.13. The molecule has 3 N–H and O–H groups in total. The Kier molecular flexibility index (Phi) is 24.6. The summed E-state index contributed by atoms with van der Waals surface area (Å²) in [5.41, 5.74) is 6.75. The van der Waals surface area contributed by atoms with Crippen LogP contribution in [0.4, 0.5) is 13.2 Å². The number of alkyl halides is 3. The highest BCUT2D eigenvalue weighted by Gasteiger charge is 2.30. The van der Waals surface area contributed by atoms with Gasteiger partial charge in [0.05, 0.1) is 17.9 Å². The van der Waals surface area contributed by atoms with Crippen molar-refractivity contribution in [2.75, 3.05) is 33.4 Å². The number of nitrogens with zero attached hydrogens (tertiary/aromatic N) is 7. The number of carbonyl (C=O) groups excluding carboxylic acids is 2. The molecule has 4 heterocycles. The van der Waals surface area contributed by atoms with E-state index in [1.54, 1.807) is 13.1 Å². The zero-order chi connectivity index (χ0) is 37.4. The van der Waals surface area contributed by atoms with Crippen LogP contribution in [0.15, 0.2) is 44.5 Å². The zero-order valence-electron chi connectivity index (χ0n) is 28.0. The normalized spacial score (nSPS) is 10.2. The molecule has 0 aliphatic rings. The summed E-state index contributed by atoms with van der Waals surface area (Å²) in [5.74, 6) is -0.410. The summed E-state index contributed by atoms with van der Waals surface area (Å²) in [5, 5.41) is 22.5. The standard InChI is InChI=1S/C11H10BrN3OS.C7H7F3N2.C6H15N.C5H5BrN2O2S.CH4O/c1-7-4-5-13-8(6-7)2-3-9(16)10-14-15-11(12)17-10;8-7(9,10)5-1-2-12-6(3-5)4-11;1-4-7(5-2)6-3;1-2-10-4(9)3-7-8-5(6)11-3;1-2/h4-6H,2-3H2,1H3;1-3H,4,11H2;4-6H2,1-3H3;2H2,1H3;2H,1H3. The van der Waals surface area contributed by atoms with Crippen molar-refractivity contribution in [3.8, 4) is 0 Å². The Morgan fingerprint density at radius 2 is 1.41 bits per heavy atom. The maximum Gasteiger partial charge on any atom is 0.416 e. The molecular formula is C30H41Br2F3N8O4S2. The van der Waals surface area contributed by atoms with Crippen LogP contribution in [0.3, 0.4) is 0 Å². The molecule has 0 fully saturated rings. The molecule has 0 spiro atoms. The smallest absolute Gasteiger partial charge is 0.416 e. The second-order valence-corrected chi connectivity index (χ2v) is 13.6. The maximum absolute atomic E-state index is 12.0. The Labute approximate surface area is 309 Å². The molecule has 0 radical (unpaired) electrons. The van der Waals surface area contributed by atoms with E-state index in [9.17, 15) is 22.8 Å². The molecule has 0 aromatic carbocycles. The van der Waals surface area contributed by atoms with Crippen molar-refractivity contribution in [1.82, 2.24) is 35.3 Å². The van der Waals surface area contributed by atoms with Gasteiger partial charge in [-0.25, -0.2) is 4.79 Å². The molecule has 0 aliphatic heterocycles. The molecule has 0 bridgehead atoms. The van der Waals surface area contributed by atoms with E-state index in [-0.39, 0.29) is 23.0 Å². The average molecular weight is 859 g/mol. The molecule has 49 heavy (non-hydrogen) atoms. The molecule has 0 atom stereocenters. The number of carbonyl (C=O) groups is 2. The molecule has 12 nitrogen and oxygen atoms in total. The first-order valence-electron chi connectivity index (χ1n) is 14.8. The zero-order valence-corrected chi connectivity index (χ0v) is 32.8. The van der Waals surface area contributed by atoms with Gasteiger partial charge in [-0.05, 0) is 102 Å². The van der Waals surface area contributed by atoms with Crippen LogP contribution in [0.5, 0.6) is 0 Å². The lowest BCUT2D eigenvalue weighted by molar-refractivity contribution is -0.137. The van der Waals surface area contributed by atoms with E-state index in [1.807, 2.05) is 19.1 Å². The summed E-state index contributed by atoms with van der Waals surface area (Å²) in [6.45, 7) is 14.3. The molecule has 0 amide bonds. The minimum absolute atomic E-state index is 0.0107. The first-order valence-corrected chi connectivity index (χ1v) is 18.0. The fraction of sp³-hybridized carbons (Fsp3) is 0.467. The van der Waals surface area contributed by atoms with Gasteiger partial charge in [0, 0.05) is 38.2 Å². The number of aryl methyl sites for hydroxylation is 2. The molecule has 0 unspecified atom stereocenters. The average Bonchev–Trinajstić information content (AvgIpc) is 3.74. The van der Waals surface area contributed by atoms with Crippen LogP contribution in [0.25, 0.3) is 0 Å². The van der Waals surface area contributed by atoms with Gasteiger partial charge in [0.15, 0.2) is 18.6 Å². The van der Waals surface area contributed by atoms with Crippen LogP contribution in [0, 0.1) is 6.92 Å². The van der Waals surface area contributed by atoms with E-state index in [0.717, 1.165) is 48.0 Å². The molecule has 4 aromatic rings. The Balaban J connectivity index is 0.000000643. The van der Waals surface area contributed by atoms with Gasteiger partial charge in [-0.1, -0.05) is 43.4 Å². The minimum Gasteiger partial charge on any atom is -0.461 e. The largest absolute Gasteiger partial charge is 0.461 e. The Bertz CT molecular complexity index is 1500. The van der Waals surface area contributed by atoms with Gasteiger partial charge in [-0.3, -0.25) is 14.8 Å². The predicted molar refractivity (Wildman–Crippen MR) is 192 cm³/mol. The lowest BCUT2D eigenvalue weighted by Crippen LogP contribution is -2.21. The number of ketones is 1. The molecule has 0 aliphatic carbocycles. The highest BCUT2D eigenvalue weighted by Crippen LogP contribution is 2.28. The number of aromatic nitrogens is 6. The number of hydrogen-bond donors (Lipinski definition) is 2. The maximum atomic E-state index is 12.0. The van der Waals surface area contributed by atoms with Crippen molar-refractivity contribution < 1.29 is 32.6 Å². The number of esters is 1. The second kappa shape index (κ2) is 26.1. The summed E-state index contributed by atoms with van der Waals surface area (Å²) < 4.78 is 42.0. The number of rotatable bonds is 10. The molecule has 272 valence electrons. The van der Waals surface area contributed by atoms with E-state index in [1.165, 1.54) is 31.0 Å². The summed E-state index contributed by atoms with van der Waals surface area (Å²) in [6.07, 6.45) is -0.398. The minimum atomic E-state index is -4.31. The number of halogens is 5. The van der Waals surface area contributed by atoms with Crippen molar-refractivity contribution in [2.24, 2.45) is 5.73 Å². The highest BCUT2D eigenvalue weighted by atomic mass is 79.9. The van der Waals surface area contributed by atoms with Crippen LogP contribution in [-0.2, 0) is 23.9 Å². The molecule has 0 saturated carbocycles. The quantitative estimate of drug-likeness (QED) is 0.126. The number of hydrogen-bond acceptors (Lipinski definition) is 14. The van der Waals surface area contributed by atoms with E-state index in [2.05, 4.69) is 92.6 Å². The van der Waals surface area contributed by atoms with Gasteiger partial charge in [-0.2, -0.15) is 13.2 Å². The molecular weight excluding hydrogens is 817 g/mol. The van der Waals surface area contributed by atoms with Crippen LogP contribution in [-0.4, -0.2) is 85.5 Å². The van der Waals surface area contributed by atoms with Crippen LogP contribution in [0.2, 0.25) is 0 Å². The van der Waals surface area contributed by atoms with Gasteiger partial charge in [-0.15, -0.1) is 20.4 Å². The van der Waals surface area contributed by atoms with Gasteiger partial charge >= 0.3 is 12.1 Å². The van der Waals surface area contributed by atoms with E-state index in [4.69, 9.17) is 10.8 Å². The van der Waals surface area contributed by atoms with Crippen molar-refractivity contribution in [3.63, 3.8) is 0 Å². The van der Waals surface area contributed by atoms with Crippen LogP contribution in [0.1, 0.15) is 76.2 Å². The van der Waals surface area contributed by atoms with Crippen molar-refractivity contribution in [1.29, 1.82) is 0 Å². The predicted octanol–water partition coefficient (Wildman–Crippen LogP) is 6.81. The summed E-state index contributed by atoms with van der Waals surface area (Å²) >= 11 is 8.69. The third-order valence-electron chi connectivity index (χ3n) is 5.76. The van der Waals surface area contributed by atoms with E-state index < -0.39 is 17.7 Å². The SMILES string of the molecule is CCN(CC)CC.CCOC(=O)c1nnc(Br)s1.CO.Cc1ccnc(CCC(=O)c2nnc(Br)s2)c1.NCc1cc(C(F)(F)F)ccn1. The number of Topliss-reactive ketones (excluding diaryl/α,β-unsaturated/α-hetero) is 1. The number of nitrogens with two attached hydrogens (primary N) is 1. The number of aliphatic hydroxyl groups excluding tert-OH is 1. The topological polar surface area (TPSA) is 170 Å². The second-order valence-electron chi connectivity index (χ2n) is 9.05. The summed E-state index contributed by atoms with van der Waals surface area (Å²) in [6, 6.07) is 5.79. The van der Waals surface area contributed by atoms with Crippen molar-refractivity contribution >= 4 is 66.3 Å². The molecule has 4 aromatic heterocycles. The first kappa shape index (κ1) is 46.2. The van der Waals surface area contributed by atoms with Gasteiger partial charge in [0.2, 0.25) is 5.01 Å². The van der Waals surface area contributed by atoms with Crippen LogP contribution < -0.4 is 5.73 Å². The fourth-order valence-corrected chi connectivity index (χ4v) is 5.40. The molecule has 0 saturated heterocycles. The van der Waals surface area contributed by atoms with Gasteiger partial charge < -0.3 is 20.5 Å². The summed E-state index contributed by atoms with van der Waals surface area (Å²) in [7, 11) is 1.00. The Hall–Kier alpha value is -2.81. The summed E-state index contributed by atoms with van der Waals surface area (Å²) in [4.78, 5) is 32.9. The van der Waals surface area contributed by atoms with Gasteiger partial charge in [0.25, 0.3) is 0 Å². The monoisotopic (exact) mass is 856 g/mol. The van der Waals surface area contributed by atoms with Crippen molar-refractivity contribution in [3.05, 3.63) is 77.0 Å². The third kappa shape index (κ3) is 19.8. The Morgan fingerprint density at radius 1 is 0.878 bits per heavy atom. The van der Waals surface area contributed by atoms with Crippen LogP contribution >= 0.6 is 54.5 Å². The van der Waals surface area contributed by atoms with Crippen molar-refractivity contribution in [2.45, 2.75) is 60.2 Å². The van der Waals surface area contributed by atoms with Gasteiger partial charge in [0.1, 0.15) is 0 Å². The first-order chi connectivity index (χ1) is 23.3. The lowest BCUT2D eigenvalue weighted by atomic mass is 10.1. The van der Waals surface area contributed by atoms with E-state index >= 15 is 0 Å². The highest BCUT2D eigenvalue weighted by molar-refractivity contribution is 9.11. The molecule has 4 rings (SSSR count). The Morgan fingerprint density at radius 3 is 1.84 bits per heavy atom. The third-order valence-corrected chi connectivity index (χ3v) is 8.50. The number of pyridine rings is 2. The molecule has 19 heteroatoms. The van der Waals surface area contributed by atoms with E-state index in [0.29, 0.717) is 32.3 Å².